The van der Waals surface area contributed by atoms with Crippen molar-refractivity contribution in [3.63, 3.8) is 0 Å². The first-order chi connectivity index (χ1) is 10.9. The molecule has 0 fully saturated rings. The number of fused-ring (bicyclic) bond motifs is 1. The van der Waals surface area contributed by atoms with Gasteiger partial charge in [-0.2, -0.15) is 0 Å². The van der Waals surface area contributed by atoms with Crippen molar-refractivity contribution in [1.82, 2.24) is 15.0 Å². The summed E-state index contributed by atoms with van der Waals surface area (Å²) in [5, 5.41) is 1.69. The lowest BCUT2D eigenvalue weighted by molar-refractivity contribution is 0.290. The van der Waals surface area contributed by atoms with E-state index in [1.165, 1.54) is 5.56 Å². The van der Waals surface area contributed by atoms with Crippen LogP contribution in [0.25, 0.3) is 0 Å². The molecule has 5 nitrogen and oxygen atoms in total. The van der Waals surface area contributed by atoms with Crippen LogP contribution in [0, 0.1) is 0 Å². The molecule has 3 heterocycles. The number of rotatable bonds is 4. The van der Waals surface area contributed by atoms with Crippen LogP contribution in [0.3, 0.4) is 0 Å². The fourth-order valence-corrected chi connectivity index (χ4v) is 3.81. The lowest BCUT2D eigenvalue weighted by atomic mass is 9.87. The topological polar surface area (TPSA) is 73.9 Å². The van der Waals surface area contributed by atoms with Crippen molar-refractivity contribution < 1.29 is 4.74 Å². The molecule has 7 heteroatoms. The van der Waals surface area contributed by atoms with Gasteiger partial charge in [0, 0.05) is 17.0 Å². The Hall–Kier alpha value is -1.47. The van der Waals surface area contributed by atoms with Gasteiger partial charge in [0.15, 0.2) is 5.16 Å². The van der Waals surface area contributed by atoms with E-state index in [4.69, 9.17) is 10.5 Å². The minimum atomic E-state index is 0.0249. The maximum Gasteiger partial charge on any atom is 0.191 e. The normalized spacial score (nSPS) is 16.7. The molecule has 23 heavy (non-hydrogen) atoms. The van der Waals surface area contributed by atoms with Crippen molar-refractivity contribution in [2.75, 3.05) is 18.6 Å². The number of aromatic nitrogens is 3. The molecule has 1 atom stereocenters. The molecule has 0 radical (unpaired) electrons. The van der Waals surface area contributed by atoms with Crippen LogP contribution in [0.1, 0.15) is 37.3 Å². The first-order valence-corrected chi connectivity index (χ1v) is 9.48. The lowest BCUT2D eigenvalue weighted by Crippen LogP contribution is -2.18. The van der Waals surface area contributed by atoms with E-state index in [1.807, 2.05) is 12.5 Å². The summed E-state index contributed by atoms with van der Waals surface area (Å²) in [6, 6.07) is 3.93. The minimum Gasteiger partial charge on any atom is -0.491 e. The summed E-state index contributed by atoms with van der Waals surface area (Å²) in [5.74, 6) is 1.39. The van der Waals surface area contributed by atoms with E-state index < -0.39 is 0 Å². The molecule has 2 N–H and O–H groups in total. The Morgan fingerprint density at radius 3 is 2.83 bits per heavy atom. The number of nitrogen functional groups attached to an aromatic ring is 1. The molecule has 122 valence electrons. The molecular weight excluding hydrogens is 328 g/mol. The Balaban J connectivity index is 1.84. The second-order valence-corrected chi connectivity index (χ2v) is 8.29. The van der Waals surface area contributed by atoms with Crippen LogP contribution in [0.4, 0.5) is 5.82 Å². The van der Waals surface area contributed by atoms with Crippen molar-refractivity contribution in [3.8, 4) is 5.75 Å². The van der Waals surface area contributed by atoms with Gasteiger partial charge in [0.05, 0.1) is 23.7 Å². The minimum absolute atomic E-state index is 0.0249. The van der Waals surface area contributed by atoms with Gasteiger partial charge >= 0.3 is 0 Å². The van der Waals surface area contributed by atoms with Crippen molar-refractivity contribution >= 4 is 29.3 Å². The van der Waals surface area contributed by atoms with E-state index in [9.17, 15) is 0 Å². The molecule has 3 rings (SSSR count). The zero-order valence-corrected chi connectivity index (χ0v) is 15.3. The smallest absolute Gasteiger partial charge is 0.191 e. The van der Waals surface area contributed by atoms with Crippen molar-refractivity contribution in [3.05, 3.63) is 29.6 Å². The average Bonchev–Trinajstić information content (AvgIpc) is 2.81. The van der Waals surface area contributed by atoms with Gasteiger partial charge in [0.2, 0.25) is 0 Å². The average molecular weight is 348 g/mol. The van der Waals surface area contributed by atoms with Gasteiger partial charge in [-0.05, 0) is 19.2 Å². The second kappa shape index (κ2) is 6.20. The SMILES string of the molecule is CSc1cc(N)nc(SC(C)c2cc3c(cn2)OCC3(C)C)n1. The number of anilines is 1. The largest absolute Gasteiger partial charge is 0.491 e. The molecule has 0 aliphatic carbocycles. The number of hydrogen-bond donors (Lipinski definition) is 1. The zero-order valence-electron chi connectivity index (χ0n) is 13.7. The Morgan fingerprint density at radius 1 is 1.30 bits per heavy atom. The zero-order chi connectivity index (χ0) is 16.6. The fourth-order valence-electron chi connectivity index (χ4n) is 2.46. The molecule has 0 spiro atoms. The van der Waals surface area contributed by atoms with E-state index in [0.29, 0.717) is 17.6 Å². The van der Waals surface area contributed by atoms with Gasteiger partial charge < -0.3 is 10.5 Å². The molecular formula is C16H20N4OS2. The summed E-state index contributed by atoms with van der Waals surface area (Å²) in [6.07, 6.45) is 3.80. The molecule has 0 aromatic carbocycles. The van der Waals surface area contributed by atoms with E-state index >= 15 is 0 Å². The fraction of sp³-hybridized carbons (Fsp3) is 0.438. The number of nitrogens with two attached hydrogens (primary N) is 1. The van der Waals surface area contributed by atoms with Gasteiger partial charge in [-0.15, -0.1) is 11.8 Å². The van der Waals surface area contributed by atoms with Crippen LogP contribution in [0.2, 0.25) is 0 Å². The first-order valence-electron chi connectivity index (χ1n) is 7.37. The van der Waals surface area contributed by atoms with Crippen LogP contribution >= 0.6 is 23.5 Å². The van der Waals surface area contributed by atoms with E-state index in [-0.39, 0.29) is 10.7 Å². The maximum absolute atomic E-state index is 5.85. The molecule has 2 aromatic rings. The predicted octanol–water partition coefficient (Wildman–Crippen LogP) is 3.70. The Morgan fingerprint density at radius 2 is 2.09 bits per heavy atom. The lowest BCUT2D eigenvalue weighted by Gasteiger charge is -2.17. The van der Waals surface area contributed by atoms with Gasteiger partial charge in [-0.3, -0.25) is 4.98 Å². The highest BCUT2D eigenvalue weighted by Gasteiger charge is 2.32. The summed E-state index contributed by atoms with van der Waals surface area (Å²) in [4.78, 5) is 13.4. The van der Waals surface area contributed by atoms with Gasteiger partial charge in [-0.1, -0.05) is 25.6 Å². The predicted molar refractivity (Wildman–Crippen MR) is 95.3 cm³/mol. The van der Waals surface area contributed by atoms with Crippen LogP contribution < -0.4 is 10.5 Å². The third-order valence-corrected chi connectivity index (χ3v) is 5.43. The number of hydrogen-bond acceptors (Lipinski definition) is 7. The standard InChI is InChI=1S/C16H20N4OS2/c1-9(23-15-19-13(17)6-14(20-15)22-4)11-5-10-12(7-18-11)21-8-16(10,2)3/h5-7,9H,8H2,1-4H3,(H2,17,19,20). The second-order valence-electron chi connectivity index (χ2n) is 6.16. The number of thioether (sulfide) groups is 2. The first kappa shape index (κ1) is 16.4. The van der Waals surface area contributed by atoms with E-state index in [0.717, 1.165) is 16.5 Å². The molecule has 0 amide bonds. The third-order valence-electron chi connectivity index (χ3n) is 3.82. The molecule has 0 saturated carbocycles. The summed E-state index contributed by atoms with van der Waals surface area (Å²) in [7, 11) is 0. The number of ether oxygens (including phenoxy) is 1. The van der Waals surface area contributed by atoms with Crippen molar-refractivity contribution in [1.29, 1.82) is 0 Å². The van der Waals surface area contributed by atoms with Crippen molar-refractivity contribution in [2.24, 2.45) is 0 Å². The van der Waals surface area contributed by atoms with Gasteiger partial charge in [0.1, 0.15) is 16.6 Å². The molecule has 1 aliphatic heterocycles. The quantitative estimate of drug-likeness (QED) is 0.513. The van der Waals surface area contributed by atoms with Crippen LogP contribution in [0.15, 0.2) is 28.5 Å². The number of nitrogens with zero attached hydrogens (tertiary/aromatic N) is 3. The maximum atomic E-state index is 5.85. The number of pyridine rings is 1. The summed E-state index contributed by atoms with van der Waals surface area (Å²) in [6.45, 7) is 7.18. The van der Waals surface area contributed by atoms with Crippen LogP contribution in [0.5, 0.6) is 5.75 Å². The van der Waals surface area contributed by atoms with Crippen LogP contribution in [-0.4, -0.2) is 27.8 Å². The molecule has 0 bridgehead atoms. The summed E-state index contributed by atoms with van der Waals surface area (Å²) in [5.41, 5.74) is 8.09. The van der Waals surface area contributed by atoms with Gasteiger partial charge in [0.25, 0.3) is 0 Å². The van der Waals surface area contributed by atoms with Crippen LogP contribution in [-0.2, 0) is 5.41 Å². The molecule has 0 saturated heterocycles. The highest BCUT2D eigenvalue weighted by atomic mass is 32.2. The monoisotopic (exact) mass is 348 g/mol. The molecule has 2 aromatic heterocycles. The van der Waals surface area contributed by atoms with Crippen molar-refractivity contribution in [2.45, 2.75) is 41.6 Å². The van der Waals surface area contributed by atoms with E-state index in [2.05, 4.69) is 41.8 Å². The van der Waals surface area contributed by atoms with Gasteiger partial charge in [-0.25, -0.2) is 9.97 Å². The molecule has 1 unspecified atom stereocenters. The summed E-state index contributed by atoms with van der Waals surface area (Å²) >= 11 is 3.13. The van der Waals surface area contributed by atoms with E-state index in [1.54, 1.807) is 29.6 Å². The highest BCUT2D eigenvalue weighted by Crippen LogP contribution is 2.41. The summed E-state index contributed by atoms with van der Waals surface area (Å²) < 4.78 is 5.70. The Kier molecular flexibility index (Phi) is 4.42. The highest BCUT2D eigenvalue weighted by molar-refractivity contribution is 7.99. The third kappa shape index (κ3) is 3.40. The Labute approximate surface area is 144 Å². The molecule has 1 aliphatic rings. The Bertz CT molecular complexity index is 736.